The van der Waals surface area contributed by atoms with Crippen LogP contribution in [0.5, 0.6) is 0 Å². The lowest BCUT2D eigenvalue weighted by Crippen LogP contribution is -1.93. The zero-order chi connectivity index (χ0) is 39.2. The maximum absolute atomic E-state index is 9.78. The number of hydrogen-bond acceptors (Lipinski definition) is 2. The number of rotatable bonds is 3. The first kappa shape index (κ1) is 33.3. The number of nitriles is 2. The molecule has 0 saturated heterocycles. The van der Waals surface area contributed by atoms with Crippen molar-refractivity contribution in [1.29, 1.82) is 10.5 Å². The Morgan fingerprint density at radius 3 is 1.64 bits per heavy atom. The Hall–Kier alpha value is -8.03. The summed E-state index contributed by atoms with van der Waals surface area (Å²) < 4.78 is 0. The monoisotopic (exact) mass is 733 g/mol. The highest BCUT2D eigenvalue weighted by Gasteiger charge is 2.26. The summed E-state index contributed by atoms with van der Waals surface area (Å²) in [7, 11) is 0. The summed E-state index contributed by atoms with van der Waals surface area (Å²) in [5.74, 6) is 0. The predicted octanol–water partition coefficient (Wildman–Crippen LogP) is 15.0. The fraction of sp³-hybridized carbons (Fsp3) is 0.0364. The highest BCUT2D eigenvalue weighted by molar-refractivity contribution is 6.28. The van der Waals surface area contributed by atoms with Crippen LogP contribution < -0.4 is 0 Å². The fourth-order valence-electron chi connectivity index (χ4n) is 9.58. The van der Waals surface area contributed by atoms with Gasteiger partial charge in [-0.3, -0.25) is 0 Å². The van der Waals surface area contributed by atoms with E-state index in [0.717, 1.165) is 65.7 Å². The second-order valence-electron chi connectivity index (χ2n) is 15.5. The van der Waals surface area contributed by atoms with E-state index < -0.39 is 0 Å². The van der Waals surface area contributed by atoms with Crippen molar-refractivity contribution in [2.75, 3.05) is 0 Å². The zero-order valence-corrected chi connectivity index (χ0v) is 31.8. The minimum Gasteiger partial charge on any atom is -0.238 e. The van der Waals surface area contributed by atoms with Gasteiger partial charge in [-0.2, -0.15) is 10.5 Å². The van der Waals surface area contributed by atoms with Gasteiger partial charge in [0.2, 0.25) is 0 Å². The van der Waals surface area contributed by atoms with Gasteiger partial charge in [0.25, 0.3) is 0 Å². The molecule has 3 heteroatoms. The lowest BCUT2D eigenvalue weighted by atomic mass is 9.84. The van der Waals surface area contributed by atoms with Crippen LogP contribution in [0.4, 0.5) is 5.69 Å². The van der Waals surface area contributed by atoms with E-state index in [2.05, 4.69) is 140 Å². The third-order valence-electron chi connectivity index (χ3n) is 12.3. The molecule has 0 atom stereocenters. The Bertz CT molecular complexity index is 3620. The number of nitrogens with zero attached hydrogens (tertiary/aromatic N) is 3. The average Bonchev–Trinajstić information content (AvgIpc) is 3.58. The molecule has 0 heterocycles. The zero-order valence-electron chi connectivity index (χ0n) is 31.8. The molecule has 0 unspecified atom stereocenters. The van der Waals surface area contributed by atoms with Gasteiger partial charge in [-0.05, 0) is 195 Å². The van der Waals surface area contributed by atoms with Crippen molar-refractivity contribution in [3.05, 3.63) is 185 Å². The number of fused-ring (bicyclic) bond motifs is 9. The van der Waals surface area contributed by atoms with Crippen molar-refractivity contribution >= 4 is 59.5 Å². The van der Waals surface area contributed by atoms with Crippen LogP contribution in [0.2, 0.25) is 0 Å². The van der Waals surface area contributed by atoms with Crippen molar-refractivity contribution in [3.8, 4) is 67.8 Å². The Kier molecular flexibility index (Phi) is 7.18. The van der Waals surface area contributed by atoms with Crippen molar-refractivity contribution < 1.29 is 0 Å². The highest BCUT2D eigenvalue weighted by Crippen LogP contribution is 2.53. The molecule has 0 bridgehead atoms. The molecule has 266 valence electrons. The van der Waals surface area contributed by atoms with Crippen LogP contribution in [-0.4, -0.2) is 0 Å². The summed E-state index contributed by atoms with van der Waals surface area (Å²) in [6.07, 6.45) is 0. The van der Waals surface area contributed by atoms with E-state index in [1.165, 1.54) is 54.9 Å². The summed E-state index contributed by atoms with van der Waals surface area (Å²) >= 11 is 0. The molecule has 11 rings (SSSR count). The van der Waals surface area contributed by atoms with E-state index in [0.29, 0.717) is 16.8 Å². The predicted molar refractivity (Wildman–Crippen MR) is 240 cm³/mol. The van der Waals surface area contributed by atoms with Gasteiger partial charge in [-0.15, -0.1) is 0 Å². The third kappa shape index (κ3) is 4.83. The first-order valence-electron chi connectivity index (χ1n) is 19.4. The molecule has 0 aromatic heterocycles. The lowest BCUT2D eigenvalue weighted by molar-refractivity contribution is 1.42. The minimum absolute atomic E-state index is 0.579. The second kappa shape index (κ2) is 12.5. The van der Waals surface area contributed by atoms with E-state index >= 15 is 0 Å². The molecule has 10 aromatic carbocycles. The first-order valence-corrected chi connectivity index (χ1v) is 19.4. The van der Waals surface area contributed by atoms with E-state index in [1.54, 1.807) is 0 Å². The van der Waals surface area contributed by atoms with Gasteiger partial charge >= 0.3 is 0 Å². The molecular weight excluding hydrogens is 703 g/mol. The maximum Gasteiger partial charge on any atom is 0.187 e. The largest absolute Gasteiger partial charge is 0.238 e. The van der Waals surface area contributed by atoms with Crippen LogP contribution >= 0.6 is 0 Å². The first-order chi connectivity index (χ1) is 28.4. The third-order valence-corrected chi connectivity index (χ3v) is 12.3. The van der Waals surface area contributed by atoms with Crippen LogP contribution in [-0.2, 0) is 0 Å². The van der Waals surface area contributed by atoms with Gasteiger partial charge in [-0.1, -0.05) is 91.0 Å². The van der Waals surface area contributed by atoms with Gasteiger partial charge in [0.1, 0.15) is 0 Å². The maximum atomic E-state index is 9.78. The Morgan fingerprint density at radius 1 is 0.397 bits per heavy atom. The summed E-state index contributed by atoms with van der Waals surface area (Å²) in [5.41, 5.74) is 15.4. The molecule has 10 aromatic rings. The Balaban J connectivity index is 1.25. The number of benzene rings is 10. The molecule has 0 fully saturated rings. The summed E-state index contributed by atoms with van der Waals surface area (Å²) in [6, 6.07) is 58.4. The van der Waals surface area contributed by atoms with E-state index in [9.17, 15) is 10.5 Å². The molecule has 1 aliphatic carbocycles. The van der Waals surface area contributed by atoms with Gasteiger partial charge in [0.15, 0.2) is 5.69 Å². The number of aryl methyl sites for hydroxylation is 2. The fourth-order valence-corrected chi connectivity index (χ4v) is 9.58. The summed E-state index contributed by atoms with van der Waals surface area (Å²) in [5, 5.41) is 31.0. The van der Waals surface area contributed by atoms with Crippen LogP contribution in [0.1, 0.15) is 22.3 Å². The molecule has 0 aliphatic heterocycles. The smallest absolute Gasteiger partial charge is 0.187 e. The number of hydrogen-bond donors (Lipinski definition) is 0. The van der Waals surface area contributed by atoms with Gasteiger partial charge < -0.3 is 0 Å². The minimum atomic E-state index is 0.579. The van der Waals surface area contributed by atoms with Gasteiger partial charge in [0, 0.05) is 0 Å². The highest BCUT2D eigenvalue weighted by atomic mass is 14.6. The van der Waals surface area contributed by atoms with Crippen molar-refractivity contribution in [1.82, 2.24) is 0 Å². The Labute approximate surface area is 335 Å². The van der Waals surface area contributed by atoms with Crippen molar-refractivity contribution in [2.45, 2.75) is 13.8 Å². The molecule has 3 nitrogen and oxygen atoms in total. The van der Waals surface area contributed by atoms with E-state index in [4.69, 9.17) is 6.57 Å². The van der Waals surface area contributed by atoms with Crippen LogP contribution in [0, 0.1) is 43.1 Å². The summed E-state index contributed by atoms with van der Waals surface area (Å²) in [6.45, 7) is 12.0. The standard InChI is InChI=1S/C55H31N3/c1-31-21-33(29-56)11-16-39(31)47-26-53-49(42-18-15-38(58-3)24-46(42)47)25-48(40-17-12-34(30-57)22-32(40)2)52-28-51-45-20-19-41(37-14-13-35-7-4-5-8-36(35)23-37)43-9-6-10-44(55(43)45)50(51)27-54(52)53/h4-28H,1-2H3. The van der Waals surface area contributed by atoms with Crippen LogP contribution in [0.25, 0.3) is 114 Å². The molecule has 0 amide bonds. The SMILES string of the molecule is [C-]#[N+]c1ccc2c(c1)c(-c1ccc(C#N)cc1C)cc1c3cc4c(cc3c(-c3ccc(C#N)cc3C)cc21)-c1ccc(-c2ccc3ccccc3c2)c2cccc-4c12. The topological polar surface area (TPSA) is 51.9 Å². The van der Waals surface area contributed by atoms with Crippen LogP contribution in [0.3, 0.4) is 0 Å². The lowest BCUT2D eigenvalue weighted by Gasteiger charge is -2.19. The van der Waals surface area contributed by atoms with Crippen molar-refractivity contribution in [2.24, 2.45) is 0 Å². The quantitative estimate of drug-likeness (QED) is 0.134. The van der Waals surface area contributed by atoms with Gasteiger partial charge in [0.05, 0.1) is 29.8 Å². The van der Waals surface area contributed by atoms with Crippen LogP contribution in [0.15, 0.2) is 152 Å². The Morgan fingerprint density at radius 2 is 0.966 bits per heavy atom. The molecule has 0 radical (unpaired) electrons. The normalized spacial score (nSPS) is 11.6. The molecule has 1 aliphatic rings. The molecular formula is C55H31N3. The van der Waals surface area contributed by atoms with E-state index in [-0.39, 0.29) is 0 Å². The molecule has 0 spiro atoms. The molecule has 58 heavy (non-hydrogen) atoms. The molecule has 0 saturated carbocycles. The van der Waals surface area contributed by atoms with E-state index in [1.807, 2.05) is 42.5 Å². The van der Waals surface area contributed by atoms with Gasteiger partial charge in [-0.25, -0.2) is 4.85 Å². The summed E-state index contributed by atoms with van der Waals surface area (Å²) in [4.78, 5) is 3.83. The second-order valence-corrected chi connectivity index (χ2v) is 15.5. The average molecular weight is 734 g/mol. The molecule has 0 N–H and O–H groups in total. The van der Waals surface area contributed by atoms with Crippen molar-refractivity contribution in [3.63, 3.8) is 0 Å².